The highest BCUT2D eigenvalue weighted by Gasteiger charge is 2.30. The molecule has 5 rings (SSSR count). The smallest absolute Gasteiger partial charge is 0.335 e. The molecule has 2 heterocycles. The lowest BCUT2D eigenvalue weighted by Gasteiger charge is -2.13. The molecule has 3 N–H and O–H groups in total. The van der Waals surface area contributed by atoms with Gasteiger partial charge < -0.3 is 10.1 Å². The largest absolute Gasteiger partial charge is 0.478 e. The third-order valence-corrected chi connectivity index (χ3v) is 6.30. The Labute approximate surface area is 209 Å². The summed E-state index contributed by atoms with van der Waals surface area (Å²) in [5.41, 5.74) is 2.34. The van der Waals surface area contributed by atoms with Crippen molar-refractivity contribution in [3.05, 3.63) is 118 Å². The van der Waals surface area contributed by atoms with E-state index in [0.717, 1.165) is 22.4 Å². The summed E-state index contributed by atoms with van der Waals surface area (Å²) in [5.74, 6) is -2.79. The van der Waals surface area contributed by atoms with Crippen LogP contribution in [0.5, 0.6) is 0 Å². The number of nitrogens with one attached hydrogen (secondary N) is 1. The number of rotatable bonds is 6. The van der Waals surface area contributed by atoms with Crippen molar-refractivity contribution in [3.8, 4) is 11.1 Å². The predicted octanol–water partition coefficient (Wildman–Crippen LogP) is 5.76. The van der Waals surface area contributed by atoms with Gasteiger partial charge >= 0.3 is 5.97 Å². The summed E-state index contributed by atoms with van der Waals surface area (Å²) in [7, 11) is 0. The Kier molecular flexibility index (Phi) is 6.12. The molecule has 0 saturated carbocycles. The number of hydrogen-bond acceptors (Lipinski definition) is 3. The van der Waals surface area contributed by atoms with E-state index in [0.29, 0.717) is 29.0 Å². The number of halogens is 3. The fourth-order valence-electron chi connectivity index (χ4n) is 4.23. The van der Waals surface area contributed by atoms with Crippen molar-refractivity contribution in [1.82, 2.24) is 9.97 Å². The van der Waals surface area contributed by atoms with Crippen LogP contribution in [0.15, 0.2) is 79.0 Å². The monoisotopic (exact) mass is 506 g/mol. The SMILES string of the molecule is O=C(O)c1ccc2nc([C@@H](Cc3ccccc3)c3ccc(-c4c(F)ccc(Cl)c4F)c[n+]3O)[nH]c2c1. The minimum atomic E-state index is -1.06. The minimum Gasteiger partial charge on any atom is -0.478 e. The van der Waals surface area contributed by atoms with Crippen molar-refractivity contribution in [2.75, 3.05) is 0 Å². The summed E-state index contributed by atoms with van der Waals surface area (Å²) in [6.07, 6.45) is 1.66. The van der Waals surface area contributed by atoms with Crippen LogP contribution in [0, 0.1) is 11.6 Å². The van der Waals surface area contributed by atoms with Crippen LogP contribution >= 0.6 is 11.6 Å². The number of imidazole rings is 1. The van der Waals surface area contributed by atoms with Crippen LogP contribution in [0.2, 0.25) is 5.02 Å². The first-order valence-electron chi connectivity index (χ1n) is 11.0. The van der Waals surface area contributed by atoms with Gasteiger partial charge in [0.2, 0.25) is 11.9 Å². The molecule has 0 saturated heterocycles. The molecular formula is C27H19ClF2N3O3+. The molecular weight excluding hydrogens is 488 g/mol. The Morgan fingerprint density at radius 1 is 1.06 bits per heavy atom. The second kappa shape index (κ2) is 9.39. The molecule has 36 heavy (non-hydrogen) atoms. The maximum Gasteiger partial charge on any atom is 0.335 e. The standard InChI is InChI=1S/C27H18ClF2N3O3/c28-19-8-9-20(29)24(25(19)30)17-7-11-23(33(36)14-17)18(12-15-4-2-1-3-5-15)26-31-21-10-6-16(27(34)35)13-22(21)32-26/h1-11,13-14,18H,12H2,(H2-,31,32,34,35,36)/p+1/t18-/m0/s1. The average Bonchev–Trinajstić information content (AvgIpc) is 3.29. The highest BCUT2D eigenvalue weighted by molar-refractivity contribution is 6.31. The van der Waals surface area contributed by atoms with E-state index in [1.165, 1.54) is 24.4 Å². The molecule has 0 radical (unpaired) electrons. The number of aromatic amines is 1. The van der Waals surface area contributed by atoms with Gasteiger partial charge in [-0.05, 0) is 48.4 Å². The number of fused-ring (bicyclic) bond motifs is 1. The van der Waals surface area contributed by atoms with E-state index in [1.807, 2.05) is 30.3 Å². The molecule has 0 amide bonds. The molecule has 1 atom stereocenters. The van der Waals surface area contributed by atoms with Gasteiger partial charge in [0.25, 0.3) is 0 Å². The van der Waals surface area contributed by atoms with Crippen LogP contribution in [0.25, 0.3) is 22.2 Å². The third kappa shape index (κ3) is 4.38. The van der Waals surface area contributed by atoms with Crippen molar-refractivity contribution in [3.63, 3.8) is 0 Å². The number of nitrogens with zero attached hydrogens (tertiary/aromatic N) is 2. The predicted molar refractivity (Wildman–Crippen MR) is 129 cm³/mol. The molecule has 6 nitrogen and oxygen atoms in total. The highest BCUT2D eigenvalue weighted by Crippen LogP contribution is 2.32. The van der Waals surface area contributed by atoms with Crippen molar-refractivity contribution in [2.45, 2.75) is 12.3 Å². The molecule has 3 aromatic carbocycles. The van der Waals surface area contributed by atoms with Crippen molar-refractivity contribution in [2.24, 2.45) is 0 Å². The minimum absolute atomic E-state index is 0.105. The second-order valence-corrected chi connectivity index (χ2v) is 8.71. The summed E-state index contributed by atoms with van der Waals surface area (Å²) >= 11 is 5.84. The second-order valence-electron chi connectivity index (χ2n) is 8.31. The molecule has 9 heteroatoms. The Bertz CT molecular complexity index is 1610. The van der Waals surface area contributed by atoms with Gasteiger partial charge in [0, 0.05) is 10.8 Å². The van der Waals surface area contributed by atoms with Gasteiger partial charge in [-0.1, -0.05) is 41.9 Å². The fourth-order valence-corrected chi connectivity index (χ4v) is 4.39. The van der Waals surface area contributed by atoms with Gasteiger partial charge in [-0.15, -0.1) is 0 Å². The number of hydrogen-bond donors (Lipinski definition) is 3. The Morgan fingerprint density at radius 2 is 1.83 bits per heavy atom. The van der Waals surface area contributed by atoms with Gasteiger partial charge in [0.1, 0.15) is 17.6 Å². The average molecular weight is 507 g/mol. The van der Waals surface area contributed by atoms with E-state index in [-0.39, 0.29) is 21.7 Å². The normalized spacial score (nSPS) is 12.1. The number of carboxylic acid groups (broad SMARTS) is 1. The van der Waals surface area contributed by atoms with E-state index in [4.69, 9.17) is 11.6 Å². The first-order valence-corrected chi connectivity index (χ1v) is 11.3. The maximum atomic E-state index is 14.6. The maximum absolute atomic E-state index is 14.6. The first kappa shape index (κ1) is 23.4. The molecule has 0 fully saturated rings. The molecule has 0 aliphatic rings. The molecule has 5 aromatic rings. The number of pyridine rings is 1. The van der Waals surface area contributed by atoms with E-state index in [9.17, 15) is 23.9 Å². The lowest BCUT2D eigenvalue weighted by molar-refractivity contribution is -0.909. The Hall–Kier alpha value is -4.30. The van der Waals surface area contributed by atoms with Crippen molar-refractivity contribution in [1.29, 1.82) is 0 Å². The fraction of sp³-hybridized carbons (Fsp3) is 0.0741. The lowest BCUT2D eigenvalue weighted by atomic mass is 9.94. The Balaban J connectivity index is 1.62. The number of aromatic carboxylic acids is 1. The number of carboxylic acids is 1. The molecule has 180 valence electrons. The van der Waals surface area contributed by atoms with Crippen molar-refractivity contribution >= 4 is 28.6 Å². The molecule has 0 aliphatic carbocycles. The third-order valence-electron chi connectivity index (χ3n) is 6.01. The zero-order valence-electron chi connectivity index (χ0n) is 18.6. The molecule has 0 bridgehead atoms. The van der Waals surface area contributed by atoms with Crippen LogP contribution in [0.4, 0.5) is 8.78 Å². The number of carbonyl (C=O) groups is 1. The van der Waals surface area contributed by atoms with Gasteiger partial charge in [0.05, 0.1) is 32.7 Å². The highest BCUT2D eigenvalue weighted by atomic mass is 35.5. The van der Waals surface area contributed by atoms with Crippen LogP contribution < -0.4 is 4.73 Å². The van der Waals surface area contributed by atoms with Gasteiger partial charge in [0.15, 0.2) is 5.82 Å². The number of benzene rings is 3. The summed E-state index contributed by atoms with van der Waals surface area (Å²) in [5, 5.41) is 20.0. The molecule has 0 spiro atoms. The summed E-state index contributed by atoms with van der Waals surface area (Å²) in [6, 6.07) is 19.4. The lowest BCUT2D eigenvalue weighted by Crippen LogP contribution is -2.37. The first-order chi connectivity index (χ1) is 17.3. The topological polar surface area (TPSA) is 90.1 Å². The van der Waals surface area contributed by atoms with Gasteiger partial charge in [-0.3, -0.25) is 5.21 Å². The zero-order valence-corrected chi connectivity index (χ0v) is 19.4. The summed E-state index contributed by atoms with van der Waals surface area (Å²) < 4.78 is 29.8. The number of aromatic nitrogens is 3. The van der Waals surface area contributed by atoms with Gasteiger partial charge in [-0.25, -0.2) is 18.6 Å². The molecule has 0 aliphatic heterocycles. The van der Waals surface area contributed by atoms with E-state index >= 15 is 0 Å². The van der Waals surface area contributed by atoms with Crippen LogP contribution in [-0.2, 0) is 6.42 Å². The quantitative estimate of drug-likeness (QED) is 0.155. The van der Waals surface area contributed by atoms with Crippen LogP contribution in [0.3, 0.4) is 0 Å². The Morgan fingerprint density at radius 3 is 2.56 bits per heavy atom. The van der Waals surface area contributed by atoms with E-state index < -0.39 is 23.5 Å². The van der Waals surface area contributed by atoms with Gasteiger partial charge in [-0.2, -0.15) is 0 Å². The summed E-state index contributed by atoms with van der Waals surface area (Å²) in [4.78, 5) is 19.2. The van der Waals surface area contributed by atoms with Crippen molar-refractivity contribution < 1.29 is 28.6 Å². The van der Waals surface area contributed by atoms with E-state index in [2.05, 4.69) is 9.97 Å². The van der Waals surface area contributed by atoms with Crippen LogP contribution in [0.1, 0.15) is 33.4 Å². The van der Waals surface area contributed by atoms with E-state index in [1.54, 1.807) is 12.1 Å². The molecule has 0 unspecified atom stereocenters. The zero-order chi connectivity index (χ0) is 25.4. The number of H-pyrrole nitrogens is 1. The summed E-state index contributed by atoms with van der Waals surface area (Å²) in [6.45, 7) is 0. The van der Waals surface area contributed by atoms with Crippen LogP contribution in [-0.4, -0.2) is 26.3 Å². The molecule has 2 aromatic heterocycles.